The third kappa shape index (κ3) is 3.00. The van der Waals surface area contributed by atoms with Gasteiger partial charge >= 0.3 is 5.97 Å². The van der Waals surface area contributed by atoms with E-state index in [1.165, 1.54) is 0 Å². The summed E-state index contributed by atoms with van der Waals surface area (Å²) in [6, 6.07) is 1.57. The van der Waals surface area contributed by atoms with Gasteiger partial charge in [-0.15, -0.1) is 0 Å². The van der Waals surface area contributed by atoms with E-state index in [2.05, 4.69) is 20.9 Å². The molecule has 0 saturated carbocycles. The maximum atomic E-state index is 11.2. The Morgan fingerprint density at radius 3 is 3.11 bits per heavy atom. The summed E-state index contributed by atoms with van der Waals surface area (Å²) in [7, 11) is 1.84. The fraction of sp³-hybridized carbons (Fsp3) is 0.500. The molecule has 1 fully saturated rings. The molecule has 6 heteroatoms. The van der Waals surface area contributed by atoms with Crippen LogP contribution in [0.2, 0.25) is 0 Å². The van der Waals surface area contributed by atoms with E-state index in [-0.39, 0.29) is 11.7 Å². The SMILES string of the molecule is CN(CC1CCCO1)c1ncc(Br)cc1C(=O)O. The standard InChI is InChI=1S/C12H15BrN2O3/c1-15(7-9-3-2-4-18-9)11-10(12(16)17)5-8(13)6-14-11/h5-6,9H,2-4,7H2,1H3,(H,16,17). The number of aromatic nitrogens is 1. The van der Waals surface area contributed by atoms with Crippen molar-refractivity contribution in [3.63, 3.8) is 0 Å². The van der Waals surface area contributed by atoms with Crippen LogP contribution in [0.15, 0.2) is 16.7 Å². The molecule has 1 aliphatic rings. The molecule has 0 amide bonds. The number of hydrogen-bond acceptors (Lipinski definition) is 4. The van der Waals surface area contributed by atoms with E-state index in [9.17, 15) is 9.90 Å². The Bertz CT molecular complexity index is 447. The Balaban J connectivity index is 2.17. The van der Waals surface area contributed by atoms with Crippen molar-refractivity contribution < 1.29 is 14.6 Å². The molecule has 1 aromatic heterocycles. The molecule has 0 bridgehead atoms. The summed E-state index contributed by atoms with van der Waals surface area (Å²) in [6.45, 7) is 1.45. The van der Waals surface area contributed by atoms with Gasteiger partial charge in [0.15, 0.2) is 0 Å². The first-order chi connectivity index (χ1) is 8.58. The molecule has 1 aromatic rings. The molecule has 18 heavy (non-hydrogen) atoms. The minimum absolute atomic E-state index is 0.169. The van der Waals surface area contributed by atoms with Gasteiger partial charge in [-0.3, -0.25) is 0 Å². The van der Waals surface area contributed by atoms with E-state index in [1.807, 2.05) is 11.9 Å². The molecular weight excluding hydrogens is 300 g/mol. The van der Waals surface area contributed by atoms with Crippen LogP contribution in [0.25, 0.3) is 0 Å². The molecule has 1 atom stereocenters. The zero-order chi connectivity index (χ0) is 13.1. The lowest BCUT2D eigenvalue weighted by Crippen LogP contribution is -2.30. The predicted octanol–water partition coefficient (Wildman–Crippen LogP) is 2.16. The second-order valence-corrected chi connectivity index (χ2v) is 5.26. The number of rotatable bonds is 4. The first-order valence-electron chi connectivity index (χ1n) is 5.79. The van der Waals surface area contributed by atoms with Crippen LogP contribution in [0, 0.1) is 0 Å². The van der Waals surface area contributed by atoms with Crippen LogP contribution in [0.1, 0.15) is 23.2 Å². The summed E-state index contributed by atoms with van der Waals surface area (Å²) in [4.78, 5) is 17.2. The maximum Gasteiger partial charge on any atom is 0.339 e. The molecule has 0 aromatic carbocycles. The molecule has 98 valence electrons. The number of carboxylic acid groups (broad SMARTS) is 1. The van der Waals surface area contributed by atoms with Gasteiger partial charge in [-0.25, -0.2) is 9.78 Å². The molecule has 5 nitrogen and oxygen atoms in total. The zero-order valence-electron chi connectivity index (χ0n) is 10.1. The molecule has 0 spiro atoms. The van der Waals surface area contributed by atoms with E-state index < -0.39 is 5.97 Å². The van der Waals surface area contributed by atoms with Crippen LogP contribution in [-0.4, -0.2) is 42.4 Å². The number of ether oxygens (including phenoxy) is 1. The van der Waals surface area contributed by atoms with Gasteiger partial charge in [-0.05, 0) is 34.8 Å². The zero-order valence-corrected chi connectivity index (χ0v) is 11.7. The second-order valence-electron chi connectivity index (χ2n) is 4.35. The van der Waals surface area contributed by atoms with Crippen molar-refractivity contribution in [3.05, 3.63) is 22.3 Å². The third-order valence-corrected chi connectivity index (χ3v) is 3.36. The van der Waals surface area contributed by atoms with Gasteiger partial charge in [0, 0.05) is 30.9 Å². The van der Waals surface area contributed by atoms with Gasteiger partial charge in [0.05, 0.1) is 6.10 Å². The van der Waals surface area contributed by atoms with Crippen LogP contribution in [0.5, 0.6) is 0 Å². The summed E-state index contributed by atoms with van der Waals surface area (Å²) in [5.74, 6) is -0.501. The highest BCUT2D eigenvalue weighted by atomic mass is 79.9. The number of pyridine rings is 1. The summed E-state index contributed by atoms with van der Waals surface area (Å²) >= 11 is 3.23. The highest BCUT2D eigenvalue weighted by Crippen LogP contribution is 2.22. The predicted molar refractivity (Wildman–Crippen MR) is 71.1 cm³/mol. The first-order valence-corrected chi connectivity index (χ1v) is 6.59. The first kappa shape index (κ1) is 13.3. The monoisotopic (exact) mass is 314 g/mol. The minimum atomic E-state index is -0.974. The van der Waals surface area contributed by atoms with E-state index in [4.69, 9.17) is 4.74 Å². The van der Waals surface area contributed by atoms with Crippen LogP contribution >= 0.6 is 15.9 Å². The molecule has 1 aliphatic heterocycles. The number of hydrogen-bond donors (Lipinski definition) is 1. The summed E-state index contributed by atoms with van der Waals surface area (Å²) in [5.41, 5.74) is 0.199. The molecule has 0 radical (unpaired) electrons. The van der Waals surface area contributed by atoms with Crippen LogP contribution in [0.3, 0.4) is 0 Å². The van der Waals surface area contributed by atoms with Crippen molar-refractivity contribution in [2.45, 2.75) is 18.9 Å². The molecule has 0 aliphatic carbocycles. The van der Waals surface area contributed by atoms with Gasteiger partial charge in [0.25, 0.3) is 0 Å². The fourth-order valence-electron chi connectivity index (χ4n) is 2.07. The van der Waals surface area contributed by atoms with Crippen molar-refractivity contribution in [1.29, 1.82) is 0 Å². The van der Waals surface area contributed by atoms with E-state index in [1.54, 1.807) is 12.3 Å². The van der Waals surface area contributed by atoms with E-state index in [0.29, 0.717) is 16.8 Å². The van der Waals surface area contributed by atoms with Crippen LogP contribution in [-0.2, 0) is 4.74 Å². The molecule has 1 unspecified atom stereocenters. The Morgan fingerprint density at radius 1 is 1.72 bits per heavy atom. The third-order valence-electron chi connectivity index (χ3n) is 2.93. The number of carboxylic acids is 1. The number of aromatic carboxylic acids is 1. The summed E-state index contributed by atoms with van der Waals surface area (Å²) in [5, 5.41) is 9.18. The van der Waals surface area contributed by atoms with Gasteiger partial charge < -0.3 is 14.7 Å². The van der Waals surface area contributed by atoms with Crippen molar-refractivity contribution in [2.24, 2.45) is 0 Å². The number of nitrogens with zero attached hydrogens (tertiary/aromatic N) is 2. The molecule has 2 heterocycles. The van der Waals surface area contributed by atoms with Crippen LogP contribution in [0.4, 0.5) is 5.82 Å². The van der Waals surface area contributed by atoms with E-state index in [0.717, 1.165) is 19.4 Å². The minimum Gasteiger partial charge on any atom is -0.478 e. The number of carbonyl (C=O) groups is 1. The van der Waals surface area contributed by atoms with E-state index >= 15 is 0 Å². The van der Waals surface area contributed by atoms with Crippen molar-refractivity contribution in [2.75, 3.05) is 25.1 Å². The molecule has 1 N–H and O–H groups in total. The fourth-order valence-corrected chi connectivity index (χ4v) is 2.41. The second kappa shape index (κ2) is 5.67. The van der Waals surface area contributed by atoms with Gasteiger partial charge in [0.2, 0.25) is 0 Å². The topological polar surface area (TPSA) is 62.7 Å². The largest absolute Gasteiger partial charge is 0.478 e. The normalized spacial score (nSPS) is 18.9. The van der Waals surface area contributed by atoms with Gasteiger partial charge in [-0.1, -0.05) is 0 Å². The lowest BCUT2D eigenvalue weighted by Gasteiger charge is -2.23. The van der Waals surface area contributed by atoms with Gasteiger partial charge in [-0.2, -0.15) is 0 Å². The molecular formula is C12H15BrN2O3. The number of likely N-dealkylation sites (N-methyl/N-ethyl adjacent to an activating group) is 1. The van der Waals surface area contributed by atoms with Gasteiger partial charge in [0.1, 0.15) is 11.4 Å². The number of halogens is 1. The van der Waals surface area contributed by atoms with Crippen LogP contribution < -0.4 is 4.90 Å². The van der Waals surface area contributed by atoms with Crippen molar-refractivity contribution in [1.82, 2.24) is 4.98 Å². The Morgan fingerprint density at radius 2 is 2.50 bits per heavy atom. The average Bonchev–Trinajstić information content (AvgIpc) is 2.81. The lowest BCUT2D eigenvalue weighted by atomic mass is 10.2. The maximum absolute atomic E-state index is 11.2. The quantitative estimate of drug-likeness (QED) is 0.922. The Labute approximate surface area is 114 Å². The number of anilines is 1. The lowest BCUT2D eigenvalue weighted by molar-refractivity contribution is 0.0696. The van der Waals surface area contributed by atoms with Crippen molar-refractivity contribution >= 4 is 27.7 Å². The molecule has 1 saturated heterocycles. The Kier molecular flexibility index (Phi) is 4.19. The molecule has 2 rings (SSSR count). The summed E-state index contributed by atoms with van der Waals surface area (Å²) in [6.07, 6.45) is 3.86. The summed E-state index contributed by atoms with van der Waals surface area (Å²) < 4.78 is 6.20. The highest BCUT2D eigenvalue weighted by Gasteiger charge is 2.21. The van der Waals surface area contributed by atoms with Crippen molar-refractivity contribution in [3.8, 4) is 0 Å². The smallest absolute Gasteiger partial charge is 0.339 e. The Hall–Kier alpha value is -1.14. The average molecular weight is 315 g/mol. The highest BCUT2D eigenvalue weighted by molar-refractivity contribution is 9.10.